The van der Waals surface area contributed by atoms with Gasteiger partial charge in [-0.3, -0.25) is 4.79 Å². The molecule has 3 fully saturated rings. The Morgan fingerprint density at radius 1 is 1.11 bits per heavy atom. The predicted molar refractivity (Wildman–Crippen MR) is 179 cm³/mol. The number of benzene rings is 2. The Balaban J connectivity index is 1.50. The number of carbonyl (C=O) groups is 1. The Morgan fingerprint density at radius 2 is 1.82 bits per heavy atom. The Labute approximate surface area is 259 Å². The molecule has 1 spiro atoms. The van der Waals surface area contributed by atoms with Crippen molar-refractivity contribution in [2.75, 3.05) is 64.1 Å². The molecule has 0 saturated carbocycles. The molecule has 44 heavy (non-hydrogen) atoms. The summed E-state index contributed by atoms with van der Waals surface area (Å²) in [5.74, 6) is 2.72. The standard InChI is InChI=1S/C35H43N7O2/c1-6-23-18-25-31(32(44-5)30(23)29-22(3)8-9-27(37)26(29)19-36)38-33(24-10-14-40(4)15-11-24)39-34(25)41-16-12-35(13-17-41)20-42(21-35)28(43)7-2/h6-9,18-19,24,36H,1-2,10-17,20-21,37H2,3-5H3. The number of hydrogen-bond acceptors (Lipinski definition) is 8. The summed E-state index contributed by atoms with van der Waals surface area (Å²) in [6.45, 7) is 15.2. The Kier molecular flexibility index (Phi) is 7.92. The maximum atomic E-state index is 12.1. The second-order valence-corrected chi connectivity index (χ2v) is 12.7. The van der Waals surface area contributed by atoms with Gasteiger partial charge < -0.3 is 30.6 Å². The van der Waals surface area contributed by atoms with Crippen LogP contribution < -0.4 is 15.4 Å². The number of fused-ring (bicyclic) bond motifs is 1. The number of ether oxygens (including phenoxy) is 1. The number of anilines is 2. The number of aromatic nitrogens is 2. The number of nitrogens with one attached hydrogen (secondary N) is 1. The van der Waals surface area contributed by atoms with E-state index in [1.54, 1.807) is 7.11 Å². The summed E-state index contributed by atoms with van der Waals surface area (Å²) in [4.78, 5) is 29.3. The van der Waals surface area contributed by atoms with Crippen molar-refractivity contribution in [1.82, 2.24) is 19.8 Å². The van der Waals surface area contributed by atoms with Gasteiger partial charge >= 0.3 is 0 Å². The fraction of sp³-hybridized carbons (Fsp3) is 0.429. The zero-order valence-corrected chi connectivity index (χ0v) is 26.2. The third-order valence-electron chi connectivity index (χ3n) is 10.0. The van der Waals surface area contributed by atoms with Crippen LogP contribution in [0.25, 0.3) is 28.1 Å². The Hall–Kier alpha value is -4.24. The van der Waals surface area contributed by atoms with E-state index >= 15 is 0 Å². The van der Waals surface area contributed by atoms with Gasteiger partial charge in [0.15, 0.2) is 5.75 Å². The molecule has 9 heteroatoms. The molecular weight excluding hydrogens is 550 g/mol. The summed E-state index contributed by atoms with van der Waals surface area (Å²) in [6, 6.07) is 5.95. The second kappa shape index (κ2) is 11.7. The van der Waals surface area contributed by atoms with Gasteiger partial charge in [-0.25, -0.2) is 9.97 Å². The smallest absolute Gasteiger partial charge is 0.245 e. The van der Waals surface area contributed by atoms with Crippen LogP contribution in [0.1, 0.15) is 54.1 Å². The minimum Gasteiger partial charge on any atom is -0.494 e. The van der Waals surface area contributed by atoms with Crippen LogP contribution in [0.5, 0.6) is 5.75 Å². The number of hydrogen-bond donors (Lipinski definition) is 2. The maximum absolute atomic E-state index is 12.1. The molecule has 2 aromatic carbocycles. The van der Waals surface area contributed by atoms with E-state index < -0.39 is 0 Å². The number of rotatable bonds is 7. The molecule has 3 saturated heterocycles. The van der Waals surface area contributed by atoms with Crippen LogP contribution in [0.4, 0.5) is 11.5 Å². The fourth-order valence-electron chi connectivity index (χ4n) is 7.36. The van der Waals surface area contributed by atoms with E-state index in [0.29, 0.717) is 17.0 Å². The molecule has 3 aromatic rings. The lowest BCUT2D eigenvalue weighted by Gasteiger charge is -2.54. The Morgan fingerprint density at radius 3 is 2.43 bits per heavy atom. The number of methoxy groups -OCH3 is 1. The minimum absolute atomic E-state index is 0.0176. The quantitative estimate of drug-likeness (QED) is 0.218. The summed E-state index contributed by atoms with van der Waals surface area (Å²) < 4.78 is 6.23. The average molecular weight is 594 g/mol. The van der Waals surface area contributed by atoms with Crippen molar-refractivity contribution in [2.45, 2.75) is 38.5 Å². The van der Waals surface area contributed by atoms with E-state index in [4.69, 9.17) is 25.8 Å². The molecule has 9 nitrogen and oxygen atoms in total. The first-order chi connectivity index (χ1) is 21.2. The van der Waals surface area contributed by atoms with Crippen LogP contribution in [0.2, 0.25) is 0 Å². The zero-order valence-electron chi connectivity index (χ0n) is 26.2. The second-order valence-electron chi connectivity index (χ2n) is 12.7. The molecule has 3 N–H and O–H groups in total. The minimum atomic E-state index is 0.0176. The lowest BCUT2D eigenvalue weighted by atomic mass is 9.72. The van der Waals surface area contributed by atoms with Crippen molar-refractivity contribution in [1.29, 1.82) is 5.41 Å². The van der Waals surface area contributed by atoms with Gasteiger partial charge in [0.2, 0.25) is 5.91 Å². The number of amides is 1. The summed E-state index contributed by atoms with van der Waals surface area (Å²) >= 11 is 0. The molecule has 6 rings (SSSR count). The topological polar surface area (TPSA) is 112 Å². The highest BCUT2D eigenvalue weighted by atomic mass is 16.5. The first-order valence-corrected chi connectivity index (χ1v) is 15.5. The molecule has 0 radical (unpaired) electrons. The number of carbonyl (C=O) groups excluding carboxylic acids is 1. The molecule has 0 aliphatic carbocycles. The van der Waals surface area contributed by atoms with Crippen LogP contribution in [0, 0.1) is 17.7 Å². The fourth-order valence-corrected chi connectivity index (χ4v) is 7.36. The highest BCUT2D eigenvalue weighted by Gasteiger charge is 2.46. The number of likely N-dealkylation sites (tertiary alicyclic amines) is 2. The maximum Gasteiger partial charge on any atom is 0.245 e. The van der Waals surface area contributed by atoms with E-state index in [-0.39, 0.29) is 17.2 Å². The van der Waals surface area contributed by atoms with Gasteiger partial charge in [-0.1, -0.05) is 25.3 Å². The van der Waals surface area contributed by atoms with Crippen LogP contribution in [-0.2, 0) is 4.79 Å². The normalized spacial score (nSPS) is 18.7. The van der Waals surface area contributed by atoms with Gasteiger partial charge in [-0.05, 0) is 87.6 Å². The molecule has 0 atom stereocenters. The molecule has 3 aliphatic rings. The van der Waals surface area contributed by atoms with Crippen LogP contribution in [0.15, 0.2) is 37.4 Å². The molecule has 1 aromatic heterocycles. The number of nitrogen functional groups attached to an aromatic ring is 1. The monoisotopic (exact) mass is 593 g/mol. The van der Waals surface area contributed by atoms with Crippen molar-refractivity contribution in [2.24, 2.45) is 5.41 Å². The van der Waals surface area contributed by atoms with Gasteiger partial charge in [0.25, 0.3) is 0 Å². The van der Waals surface area contributed by atoms with Gasteiger partial charge in [-0.15, -0.1) is 0 Å². The lowest BCUT2D eigenvalue weighted by Crippen LogP contribution is -2.61. The average Bonchev–Trinajstić information content (AvgIpc) is 3.03. The van der Waals surface area contributed by atoms with E-state index in [0.717, 1.165) is 110 Å². The third-order valence-corrected chi connectivity index (χ3v) is 10.0. The van der Waals surface area contributed by atoms with Crippen LogP contribution in [-0.4, -0.2) is 85.3 Å². The van der Waals surface area contributed by atoms with E-state index in [9.17, 15) is 4.79 Å². The number of aryl methyl sites for hydroxylation is 1. The number of nitrogens with two attached hydrogens (primary N) is 1. The van der Waals surface area contributed by atoms with E-state index in [1.165, 1.54) is 12.3 Å². The van der Waals surface area contributed by atoms with Gasteiger partial charge in [-0.2, -0.15) is 0 Å². The lowest BCUT2D eigenvalue weighted by molar-refractivity contribution is -0.139. The van der Waals surface area contributed by atoms with Crippen molar-refractivity contribution >= 4 is 40.6 Å². The largest absolute Gasteiger partial charge is 0.494 e. The van der Waals surface area contributed by atoms with Crippen LogP contribution >= 0.6 is 0 Å². The molecular formula is C35H43N7O2. The number of piperidine rings is 2. The van der Waals surface area contributed by atoms with Gasteiger partial charge in [0, 0.05) is 65.9 Å². The zero-order chi connectivity index (χ0) is 31.2. The third kappa shape index (κ3) is 5.03. The van der Waals surface area contributed by atoms with E-state index in [2.05, 4.69) is 36.1 Å². The highest BCUT2D eigenvalue weighted by molar-refractivity contribution is 6.06. The van der Waals surface area contributed by atoms with Gasteiger partial charge in [0.05, 0.1) is 7.11 Å². The number of nitrogens with zero attached hydrogens (tertiary/aromatic N) is 5. The van der Waals surface area contributed by atoms with Crippen molar-refractivity contribution < 1.29 is 9.53 Å². The first kappa shape index (κ1) is 29.8. The van der Waals surface area contributed by atoms with Crippen molar-refractivity contribution in [3.63, 3.8) is 0 Å². The molecule has 0 unspecified atom stereocenters. The molecule has 0 bridgehead atoms. The highest BCUT2D eigenvalue weighted by Crippen LogP contribution is 2.47. The van der Waals surface area contributed by atoms with Gasteiger partial charge in [0.1, 0.15) is 17.2 Å². The summed E-state index contributed by atoms with van der Waals surface area (Å²) in [7, 11) is 3.85. The molecule has 230 valence electrons. The first-order valence-electron chi connectivity index (χ1n) is 15.5. The Bertz CT molecular complexity index is 1640. The summed E-state index contributed by atoms with van der Waals surface area (Å²) in [6.07, 6.45) is 8.57. The molecule has 4 heterocycles. The predicted octanol–water partition coefficient (Wildman–Crippen LogP) is 5.26. The van der Waals surface area contributed by atoms with Crippen molar-refractivity contribution in [3.8, 4) is 16.9 Å². The van der Waals surface area contributed by atoms with Crippen LogP contribution in [0.3, 0.4) is 0 Å². The molecule has 1 amide bonds. The SMILES string of the molecule is C=CC(=O)N1CC2(CCN(c3nc(C4CCN(C)CC4)nc4c(OC)c(-c5c(C)ccc(N)c5C=N)c(C=C)cc34)CC2)C1. The summed E-state index contributed by atoms with van der Waals surface area (Å²) in [5.41, 5.74) is 12.1. The molecule has 3 aliphatic heterocycles. The summed E-state index contributed by atoms with van der Waals surface area (Å²) in [5, 5.41) is 9.14. The van der Waals surface area contributed by atoms with Crippen molar-refractivity contribution in [3.05, 3.63) is 59.9 Å². The van der Waals surface area contributed by atoms with E-state index in [1.807, 2.05) is 30.0 Å².